The SMILES string of the molecule is C[C@H](c1ccc(F)cc1)N(C)C(=O)Nc1ccc2c(c1)OC1(CCCC1)O2. The van der Waals surface area contributed by atoms with Gasteiger partial charge < -0.3 is 19.7 Å². The Morgan fingerprint density at radius 2 is 1.78 bits per heavy atom. The zero-order valence-electron chi connectivity index (χ0n) is 15.5. The minimum atomic E-state index is -0.515. The molecular weight excluding hydrogens is 347 g/mol. The molecule has 0 aromatic heterocycles. The maximum absolute atomic E-state index is 13.1. The standard InChI is InChI=1S/C21H23FN2O3/c1-14(15-5-7-16(22)8-6-15)24(2)20(25)23-17-9-10-18-19(13-17)27-21(26-18)11-3-4-12-21/h5-10,13-14H,3-4,11-12H2,1-2H3,(H,23,25)/t14-/m1/s1. The van der Waals surface area contributed by atoms with Gasteiger partial charge in [-0.05, 0) is 49.6 Å². The fraction of sp³-hybridized carbons (Fsp3) is 0.381. The summed E-state index contributed by atoms with van der Waals surface area (Å²) in [5, 5.41) is 2.89. The van der Waals surface area contributed by atoms with Crippen molar-refractivity contribution in [1.82, 2.24) is 4.90 Å². The van der Waals surface area contributed by atoms with E-state index in [-0.39, 0.29) is 17.9 Å². The molecule has 1 fully saturated rings. The number of nitrogens with zero attached hydrogens (tertiary/aromatic N) is 1. The molecule has 0 bridgehead atoms. The third-order valence-corrected chi connectivity index (χ3v) is 5.41. The average molecular weight is 370 g/mol. The number of fused-ring (bicyclic) bond motifs is 1. The minimum Gasteiger partial charge on any atom is -0.448 e. The van der Waals surface area contributed by atoms with Crippen molar-refractivity contribution in [3.8, 4) is 11.5 Å². The van der Waals surface area contributed by atoms with Crippen LogP contribution in [0, 0.1) is 5.82 Å². The number of halogens is 1. The van der Waals surface area contributed by atoms with E-state index in [0.29, 0.717) is 11.4 Å². The second-order valence-corrected chi connectivity index (χ2v) is 7.25. The molecule has 2 amide bonds. The zero-order valence-corrected chi connectivity index (χ0v) is 15.5. The highest BCUT2D eigenvalue weighted by Crippen LogP contribution is 2.47. The Bertz CT molecular complexity index is 847. The van der Waals surface area contributed by atoms with Crippen LogP contribution in [0.25, 0.3) is 0 Å². The van der Waals surface area contributed by atoms with Crippen molar-refractivity contribution >= 4 is 11.7 Å². The smallest absolute Gasteiger partial charge is 0.322 e. The number of rotatable bonds is 3. The van der Waals surface area contributed by atoms with E-state index in [2.05, 4.69) is 5.32 Å². The third kappa shape index (κ3) is 3.44. The van der Waals surface area contributed by atoms with E-state index in [1.165, 1.54) is 12.1 Å². The van der Waals surface area contributed by atoms with Crippen LogP contribution in [-0.4, -0.2) is 23.8 Å². The lowest BCUT2D eigenvalue weighted by Crippen LogP contribution is -2.34. The van der Waals surface area contributed by atoms with Crippen LogP contribution in [-0.2, 0) is 0 Å². The molecule has 4 rings (SSSR count). The van der Waals surface area contributed by atoms with Crippen molar-refractivity contribution in [2.45, 2.75) is 44.4 Å². The lowest BCUT2D eigenvalue weighted by atomic mass is 10.1. The van der Waals surface area contributed by atoms with Gasteiger partial charge in [0, 0.05) is 31.6 Å². The fourth-order valence-electron chi connectivity index (χ4n) is 3.64. The first kappa shape index (κ1) is 17.6. The Morgan fingerprint density at radius 3 is 2.48 bits per heavy atom. The number of anilines is 1. The molecule has 27 heavy (non-hydrogen) atoms. The van der Waals surface area contributed by atoms with E-state index in [0.717, 1.165) is 37.0 Å². The molecule has 1 aliphatic heterocycles. The quantitative estimate of drug-likeness (QED) is 0.818. The molecule has 1 spiro atoms. The topological polar surface area (TPSA) is 50.8 Å². The van der Waals surface area contributed by atoms with Gasteiger partial charge in [-0.15, -0.1) is 0 Å². The molecule has 1 aliphatic carbocycles. The Morgan fingerprint density at radius 1 is 1.11 bits per heavy atom. The highest BCUT2D eigenvalue weighted by atomic mass is 19.1. The van der Waals surface area contributed by atoms with E-state index in [4.69, 9.17) is 9.47 Å². The molecule has 2 aliphatic rings. The van der Waals surface area contributed by atoms with Crippen LogP contribution in [0.4, 0.5) is 14.9 Å². The van der Waals surface area contributed by atoms with Gasteiger partial charge in [0.1, 0.15) is 5.82 Å². The van der Waals surface area contributed by atoms with Gasteiger partial charge in [0.25, 0.3) is 5.79 Å². The van der Waals surface area contributed by atoms with Crippen LogP contribution in [0.5, 0.6) is 11.5 Å². The summed E-state index contributed by atoms with van der Waals surface area (Å²) in [5.74, 6) is 0.587. The number of nitrogens with one attached hydrogen (secondary N) is 1. The molecule has 0 radical (unpaired) electrons. The number of amides is 2. The van der Waals surface area contributed by atoms with Crippen LogP contribution < -0.4 is 14.8 Å². The van der Waals surface area contributed by atoms with E-state index in [1.54, 1.807) is 30.1 Å². The van der Waals surface area contributed by atoms with E-state index in [9.17, 15) is 9.18 Å². The first-order valence-corrected chi connectivity index (χ1v) is 9.27. The van der Waals surface area contributed by atoms with Gasteiger partial charge in [-0.3, -0.25) is 0 Å². The van der Waals surface area contributed by atoms with Crippen molar-refractivity contribution < 1.29 is 18.7 Å². The molecule has 142 valence electrons. The number of carbonyl (C=O) groups excluding carboxylic acids is 1. The lowest BCUT2D eigenvalue weighted by molar-refractivity contribution is -0.0716. The fourth-order valence-corrected chi connectivity index (χ4v) is 3.64. The largest absolute Gasteiger partial charge is 0.448 e. The summed E-state index contributed by atoms with van der Waals surface area (Å²) < 4.78 is 25.1. The number of benzene rings is 2. The Balaban J connectivity index is 1.43. The van der Waals surface area contributed by atoms with Crippen LogP contribution in [0.15, 0.2) is 42.5 Å². The van der Waals surface area contributed by atoms with Gasteiger partial charge in [0.05, 0.1) is 6.04 Å². The zero-order chi connectivity index (χ0) is 19.0. The minimum absolute atomic E-state index is 0.193. The number of urea groups is 1. The molecule has 0 unspecified atom stereocenters. The van der Waals surface area contributed by atoms with E-state index < -0.39 is 5.79 Å². The first-order valence-electron chi connectivity index (χ1n) is 9.27. The van der Waals surface area contributed by atoms with E-state index >= 15 is 0 Å². The predicted octanol–water partition coefficient (Wildman–Crippen LogP) is 5.09. The molecule has 0 saturated heterocycles. The number of hydrogen-bond acceptors (Lipinski definition) is 3. The van der Waals surface area contributed by atoms with Gasteiger partial charge in [-0.2, -0.15) is 0 Å². The molecule has 2 aromatic rings. The van der Waals surface area contributed by atoms with Crippen LogP contribution in [0.1, 0.15) is 44.2 Å². The van der Waals surface area contributed by atoms with Gasteiger partial charge in [0.2, 0.25) is 0 Å². The summed E-state index contributed by atoms with van der Waals surface area (Å²) >= 11 is 0. The van der Waals surface area contributed by atoms with Crippen molar-refractivity contribution in [2.75, 3.05) is 12.4 Å². The molecule has 6 heteroatoms. The first-order chi connectivity index (χ1) is 13.0. The highest BCUT2D eigenvalue weighted by Gasteiger charge is 2.44. The molecule has 1 N–H and O–H groups in total. The Kier molecular flexibility index (Phi) is 4.42. The monoisotopic (exact) mass is 370 g/mol. The summed E-state index contributed by atoms with van der Waals surface area (Å²) in [6.07, 6.45) is 3.98. The van der Waals surface area contributed by atoms with E-state index in [1.807, 2.05) is 19.1 Å². The summed E-state index contributed by atoms with van der Waals surface area (Å²) in [5.41, 5.74) is 1.51. The van der Waals surface area contributed by atoms with Gasteiger partial charge in [-0.1, -0.05) is 12.1 Å². The summed E-state index contributed by atoms with van der Waals surface area (Å²) in [6, 6.07) is 11.2. The molecule has 1 heterocycles. The van der Waals surface area contributed by atoms with Crippen LogP contribution in [0.3, 0.4) is 0 Å². The van der Waals surface area contributed by atoms with Crippen molar-refractivity contribution in [3.05, 3.63) is 53.8 Å². The lowest BCUT2D eigenvalue weighted by Gasteiger charge is -2.25. The Hall–Kier alpha value is -2.76. The predicted molar refractivity (Wildman–Crippen MR) is 100 cm³/mol. The molecule has 1 atom stereocenters. The van der Waals surface area contributed by atoms with Gasteiger partial charge >= 0.3 is 6.03 Å². The maximum Gasteiger partial charge on any atom is 0.322 e. The van der Waals surface area contributed by atoms with Crippen LogP contribution in [0.2, 0.25) is 0 Å². The molecule has 1 saturated carbocycles. The highest BCUT2D eigenvalue weighted by molar-refractivity contribution is 5.89. The van der Waals surface area contributed by atoms with Crippen molar-refractivity contribution in [3.63, 3.8) is 0 Å². The number of hydrogen-bond donors (Lipinski definition) is 1. The van der Waals surface area contributed by atoms with Crippen LogP contribution >= 0.6 is 0 Å². The molecule has 2 aromatic carbocycles. The molecule has 5 nitrogen and oxygen atoms in total. The summed E-state index contributed by atoms with van der Waals surface area (Å²) in [4.78, 5) is 14.2. The average Bonchev–Trinajstić information content (AvgIpc) is 3.26. The van der Waals surface area contributed by atoms with Gasteiger partial charge in [-0.25, -0.2) is 9.18 Å². The van der Waals surface area contributed by atoms with Crippen molar-refractivity contribution in [1.29, 1.82) is 0 Å². The normalized spacial score (nSPS) is 17.7. The second-order valence-electron chi connectivity index (χ2n) is 7.25. The number of ether oxygens (including phenoxy) is 2. The summed E-state index contributed by atoms with van der Waals surface area (Å²) in [7, 11) is 1.71. The Labute approximate surface area is 158 Å². The van der Waals surface area contributed by atoms with Gasteiger partial charge in [0.15, 0.2) is 11.5 Å². The molecular formula is C21H23FN2O3. The maximum atomic E-state index is 13.1. The summed E-state index contributed by atoms with van der Waals surface area (Å²) in [6.45, 7) is 1.90. The third-order valence-electron chi connectivity index (χ3n) is 5.41. The number of carbonyl (C=O) groups is 1. The van der Waals surface area contributed by atoms with Crippen molar-refractivity contribution in [2.24, 2.45) is 0 Å². The second kappa shape index (κ2) is 6.76.